The number of anilines is 1. The third-order valence-corrected chi connectivity index (χ3v) is 5.85. The van der Waals surface area contributed by atoms with Crippen molar-refractivity contribution in [1.29, 1.82) is 0 Å². The minimum Gasteiger partial charge on any atom is -0.450 e. The van der Waals surface area contributed by atoms with Gasteiger partial charge in [0.25, 0.3) is 0 Å². The third-order valence-electron chi connectivity index (χ3n) is 4.81. The van der Waals surface area contributed by atoms with Gasteiger partial charge in [0, 0.05) is 22.9 Å². The predicted molar refractivity (Wildman–Crippen MR) is 119 cm³/mol. The van der Waals surface area contributed by atoms with Gasteiger partial charge in [0.05, 0.1) is 16.4 Å². The van der Waals surface area contributed by atoms with Gasteiger partial charge in [-0.3, -0.25) is 4.79 Å². The highest BCUT2D eigenvalue weighted by molar-refractivity contribution is 9.11. The van der Waals surface area contributed by atoms with Crippen LogP contribution in [0.3, 0.4) is 0 Å². The number of halogens is 3. The molecule has 3 aromatic rings. The Morgan fingerprint density at radius 1 is 1.14 bits per heavy atom. The maximum absolute atomic E-state index is 14.5. The summed E-state index contributed by atoms with van der Waals surface area (Å²) in [6, 6.07) is 10.3. The molecular formula is C21H18Br2FN3O2. The molecule has 5 nitrogen and oxygen atoms in total. The highest BCUT2D eigenvalue weighted by Gasteiger charge is 2.16. The number of carbonyl (C=O) groups is 1. The fourth-order valence-electron chi connectivity index (χ4n) is 3.40. The normalized spacial score (nSPS) is 14.7. The van der Waals surface area contributed by atoms with Crippen LogP contribution >= 0.6 is 31.9 Å². The summed E-state index contributed by atoms with van der Waals surface area (Å²) >= 11 is 6.81. The summed E-state index contributed by atoms with van der Waals surface area (Å²) in [6.07, 6.45) is 4.78. The van der Waals surface area contributed by atoms with Crippen LogP contribution < -0.4 is 10.3 Å². The van der Waals surface area contributed by atoms with Gasteiger partial charge in [0.2, 0.25) is 0 Å². The lowest BCUT2D eigenvalue weighted by Crippen LogP contribution is -2.30. The summed E-state index contributed by atoms with van der Waals surface area (Å²) in [7, 11) is 0. The summed E-state index contributed by atoms with van der Waals surface area (Å²) in [5.74, 6) is -0.622. The van der Waals surface area contributed by atoms with Crippen LogP contribution in [0.25, 0.3) is 11.0 Å². The zero-order chi connectivity index (χ0) is 20.4. The lowest BCUT2D eigenvalue weighted by molar-refractivity contribution is 0.0929. The Kier molecular flexibility index (Phi) is 6.01. The van der Waals surface area contributed by atoms with Gasteiger partial charge in [0.1, 0.15) is 11.4 Å². The molecule has 0 aliphatic carbocycles. The number of carbonyl (C=O) groups excluding carboxylic acids is 1. The van der Waals surface area contributed by atoms with Crippen molar-refractivity contribution in [3.63, 3.8) is 0 Å². The zero-order valence-electron chi connectivity index (χ0n) is 15.4. The first-order valence-electron chi connectivity index (χ1n) is 9.28. The molecule has 2 aromatic carbocycles. The molecule has 150 valence electrons. The molecule has 1 amide bonds. The van der Waals surface area contributed by atoms with E-state index in [1.807, 2.05) is 12.1 Å². The fraction of sp³-hybridized carbons (Fsp3) is 0.238. The summed E-state index contributed by atoms with van der Waals surface area (Å²) in [5.41, 5.74) is 4.18. The van der Waals surface area contributed by atoms with Gasteiger partial charge in [-0.15, -0.1) is 0 Å². The van der Waals surface area contributed by atoms with E-state index in [9.17, 15) is 9.18 Å². The maximum atomic E-state index is 14.5. The molecule has 0 bridgehead atoms. The van der Waals surface area contributed by atoms with E-state index >= 15 is 0 Å². The molecule has 1 aromatic heterocycles. The Morgan fingerprint density at radius 3 is 2.69 bits per heavy atom. The van der Waals surface area contributed by atoms with Crippen LogP contribution in [0.4, 0.5) is 10.1 Å². The molecule has 1 N–H and O–H groups in total. The van der Waals surface area contributed by atoms with Crippen LogP contribution in [0.5, 0.6) is 0 Å². The summed E-state index contributed by atoms with van der Waals surface area (Å²) in [4.78, 5) is 14.4. The standard InChI is InChI=1S/C21H18Br2FN3O2/c22-15-9-14-10-19(29-20(14)16(23)11-15)21(28)26-25-12-13-4-5-18(17(24)8-13)27-6-2-1-3-7-27/h4-5,8-12H,1-3,6-7H2,(H,26,28)/b25-12-. The van der Waals surface area contributed by atoms with E-state index in [0.29, 0.717) is 16.8 Å². The highest BCUT2D eigenvalue weighted by atomic mass is 79.9. The monoisotopic (exact) mass is 521 g/mol. The number of amides is 1. The molecule has 1 saturated heterocycles. The van der Waals surface area contributed by atoms with Gasteiger partial charge in [-0.05, 0) is 71.1 Å². The Balaban J connectivity index is 1.44. The van der Waals surface area contributed by atoms with Gasteiger partial charge in [-0.25, -0.2) is 9.82 Å². The van der Waals surface area contributed by atoms with Gasteiger partial charge in [-0.1, -0.05) is 22.0 Å². The van der Waals surface area contributed by atoms with E-state index in [2.05, 4.69) is 47.3 Å². The number of rotatable bonds is 4. The van der Waals surface area contributed by atoms with Crippen molar-refractivity contribution in [2.45, 2.75) is 19.3 Å². The Bertz CT molecular complexity index is 1090. The second-order valence-electron chi connectivity index (χ2n) is 6.87. The second kappa shape index (κ2) is 8.67. The fourth-order valence-corrected chi connectivity index (χ4v) is 4.74. The number of benzene rings is 2. The van der Waals surface area contributed by atoms with Crippen molar-refractivity contribution in [2.75, 3.05) is 18.0 Å². The average molecular weight is 523 g/mol. The number of nitrogens with one attached hydrogen (secondary N) is 1. The molecular weight excluding hydrogens is 505 g/mol. The van der Waals surface area contributed by atoms with Crippen LogP contribution in [0, 0.1) is 5.82 Å². The SMILES string of the molecule is O=C(N/N=C\c1ccc(N2CCCCC2)c(F)c1)c1cc2cc(Br)cc(Br)c2o1. The van der Waals surface area contributed by atoms with Crippen molar-refractivity contribution >= 4 is 60.6 Å². The Labute approximate surface area is 184 Å². The number of hydrogen-bond acceptors (Lipinski definition) is 4. The molecule has 0 saturated carbocycles. The van der Waals surface area contributed by atoms with Crippen molar-refractivity contribution in [1.82, 2.24) is 5.43 Å². The first-order chi connectivity index (χ1) is 14.0. The quantitative estimate of drug-likeness (QED) is 0.345. The minimum atomic E-state index is -0.481. The van der Waals surface area contributed by atoms with E-state index in [4.69, 9.17) is 4.42 Å². The first-order valence-corrected chi connectivity index (χ1v) is 10.9. The smallest absolute Gasteiger partial charge is 0.307 e. The van der Waals surface area contributed by atoms with Crippen LogP contribution in [0.15, 0.2) is 54.9 Å². The lowest BCUT2D eigenvalue weighted by Gasteiger charge is -2.29. The van der Waals surface area contributed by atoms with E-state index in [1.165, 1.54) is 18.7 Å². The summed E-state index contributed by atoms with van der Waals surface area (Å²) in [5, 5.41) is 4.71. The summed E-state index contributed by atoms with van der Waals surface area (Å²) in [6.45, 7) is 1.76. The van der Waals surface area contributed by atoms with E-state index < -0.39 is 5.91 Å². The van der Waals surface area contributed by atoms with Crippen LogP contribution in [-0.4, -0.2) is 25.2 Å². The van der Waals surface area contributed by atoms with Crippen molar-refractivity contribution in [3.8, 4) is 0 Å². The van der Waals surface area contributed by atoms with Gasteiger partial charge in [-0.2, -0.15) is 5.10 Å². The highest BCUT2D eigenvalue weighted by Crippen LogP contribution is 2.31. The predicted octanol–water partition coefficient (Wildman–Crippen LogP) is 5.85. The maximum Gasteiger partial charge on any atom is 0.307 e. The molecule has 1 aliphatic rings. The zero-order valence-corrected chi connectivity index (χ0v) is 18.6. The summed E-state index contributed by atoms with van der Waals surface area (Å²) < 4.78 is 21.7. The van der Waals surface area contributed by atoms with Crippen LogP contribution in [0.1, 0.15) is 35.4 Å². The second-order valence-corrected chi connectivity index (χ2v) is 8.64. The van der Waals surface area contributed by atoms with E-state index in [1.54, 1.807) is 18.2 Å². The molecule has 0 spiro atoms. The average Bonchev–Trinajstić information content (AvgIpc) is 3.13. The van der Waals surface area contributed by atoms with Gasteiger partial charge in [0.15, 0.2) is 5.76 Å². The number of furan rings is 1. The van der Waals surface area contributed by atoms with Crippen LogP contribution in [0.2, 0.25) is 0 Å². The number of hydrogen-bond donors (Lipinski definition) is 1. The molecule has 1 aliphatic heterocycles. The molecule has 8 heteroatoms. The lowest BCUT2D eigenvalue weighted by atomic mass is 10.1. The van der Waals surface area contributed by atoms with E-state index in [-0.39, 0.29) is 11.6 Å². The molecule has 0 unspecified atom stereocenters. The Hall–Kier alpha value is -2.19. The number of fused-ring (bicyclic) bond motifs is 1. The van der Waals surface area contributed by atoms with Gasteiger partial charge < -0.3 is 9.32 Å². The van der Waals surface area contributed by atoms with Crippen molar-refractivity contribution < 1.29 is 13.6 Å². The van der Waals surface area contributed by atoms with Crippen molar-refractivity contribution in [3.05, 3.63) is 62.5 Å². The topological polar surface area (TPSA) is 57.8 Å². The Morgan fingerprint density at radius 2 is 1.93 bits per heavy atom. The molecule has 29 heavy (non-hydrogen) atoms. The molecule has 1 fully saturated rings. The molecule has 4 rings (SSSR count). The molecule has 2 heterocycles. The van der Waals surface area contributed by atoms with Gasteiger partial charge >= 0.3 is 5.91 Å². The molecule has 0 atom stereocenters. The largest absolute Gasteiger partial charge is 0.450 e. The van der Waals surface area contributed by atoms with Crippen LogP contribution in [-0.2, 0) is 0 Å². The number of hydrazone groups is 1. The minimum absolute atomic E-state index is 0.141. The first kappa shape index (κ1) is 20.1. The number of piperidine rings is 1. The van der Waals surface area contributed by atoms with E-state index in [0.717, 1.165) is 40.3 Å². The third kappa shape index (κ3) is 4.53. The van der Waals surface area contributed by atoms with Crippen molar-refractivity contribution in [2.24, 2.45) is 5.10 Å². The number of nitrogens with zero attached hydrogens (tertiary/aromatic N) is 2. The molecule has 0 radical (unpaired) electrons.